The predicted molar refractivity (Wildman–Crippen MR) is 104 cm³/mol. The average Bonchev–Trinajstić information content (AvgIpc) is 3.40. The largest absolute Gasteiger partial charge is 0.326 e. The van der Waals surface area contributed by atoms with Gasteiger partial charge in [-0.2, -0.15) is 0 Å². The van der Waals surface area contributed by atoms with Crippen LogP contribution in [0, 0.1) is 5.82 Å². The predicted octanol–water partition coefficient (Wildman–Crippen LogP) is 4.53. The maximum Gasteiger partial charge on any atom is 0.221 e. The summed E-state index contributed by atoms with van der Waals surface area (Å²) in [5.74, 6) is 1.47. The van der Waals surface area contributed by atoms with Crippen LogP contribution < -0.4 is 5.32 Å². The van der Waals surface area contributed by atoms with Crippen LogP contribution >= 0.6 is 11.8 Å². The number of aromatic nitrogens is 3. The van der Waals surface area contributed by atoms with Crippen LogP contribution in [0.3, 0.4) is 0 Å². The molecule has 4 rings (SSSR count). The molecule has 7 heteroatoms. The minimum absolute atomic E-state index is 0.118. The van der Waals surface area contributed by atoms with E-state index in [-0.39, 0.29) is 11.7 Å². The molecule has 27 heavy (non-hydrogen) atoms. The minimum atomic E-state index is -0.217. The molecule has 1 N–H and O–H groups in total. The van der Waals surface area contributed by atoms with Crippen molar-refractivity contribution in [3.8, 4) is 5.69 Å². The number of carbonyl (C=O) groups excluding carboxylic acids is 1. The molecule has 0 saturated heterocycles. The molecular weight excluding hydrogens is 363 g/mol. The molecule has 0 radical (unpaired) electrons. The second kappa shape index (κ2) is 7.52. The second-order valence-corrected chi connectivity index (χ2v) is 7.50. The van der Waals surface area contributed by atoms with Crippen LogP contribution in [0.5, 0.6) is 0 Å². The normalized spacial score (nSPS) is 13.6. The molecule has 1 amide bonds. The number of nitrogens with one attached hydrogen (secondary N) is 1. The van der Waals surface area contributed by atoms with Crippen molar-refractivity contribution in [3.63, 3.8) is 0 Å². The van der Waals surface area contributed by atoms with Gasteiger partial charge in [0.1, 0.15) is 11.6 Å². The van der Waals surface area contributed by atoms with Crippen LogP contribution in [0.25, 0.3) is 5.69 Å². The SMILES string of the molecule is CC(=O)Nc1cccc(-n2c(SCc3ccccc3F)nnc2C2CC2)c1. The van der Waals surface area contributed by atoms with Crippen LogP contribution in [0.4, 0.5) is 10.1 Å². The topological polar surface area (TPSA) is 59.8 Å². The van der Waals surface area contributed by atoms with Crippen LogP contribution in [-0.2, 0) is 10.5 Å². The first-order valence-electron chi connectivity index (χ1n) is 8.81. The Morgan fingerprint density at radius 3 is 2.78 bits per heavy atom. The summed E-state index contributed by atoms with van der Waals surface area (Å²) in [6.45, 7) is 1.48. The molecular formula is C20H19FN4OS. The highest BCUT2D eigenvalue weighted by Crippen LogP contribution is 2.41. The maximum absolute atomic E-state index is 13.9. The Morgan fingerprint density at radius 1 is 1.22 bits per heavy atom. The van der Waals surface area contributed by atoms with Crippen molar-refractivity contribution >= 4 is 23.4 Å². The fraction of sp³-hybridized carbons (Fsp3) is 0.250. The van der Waals surface area contributed by atoms with Crippen LogP contribution in [0.2, 0.25) is 0 Å². The van der Waals surface area contributed by atoms with Crippen molar-refractivity contribution in [1.29, 1.82) is 0 Å². The van der Waals surface area contributed by atoms with E-state index in [1.807, 2.05) is 34.9 Å². The van der Waals surface area contributed by atoms with Crippen molar-refractivity contribution in [2.45, 2.75) is 36.6 Å². The third-order valence-electron chi connectivity index (χ3n) is 4.34. The Balaban J connectivity index is 1.66. The highest BCUT2D eigenvalue weighted by Gasteiger charge is 2.31. The van der Waals surface area contributed by atoms with Crippen LogP contribution in [0.1, 0.15) is 37.1 Å². The Morgan fingerprint density at radius 2 is 2.04 bits per heavy atom. The number of rotatable bonds is 6. The van der Waals surface area contributed by atoms with Crippen LogP contribution in [0.15, 0.2) is 53.7 Å². The van der Waals surface area contributed by atoms with E-state index in [1.54, 1.807) is 12.1 Å². The molecule has 0 aliphatic heterocycles. The van der Waals surface area contributed by atoms with Gasteiger partial charge in [-0.05, 0) is 42.7 Å². The summed E-state index contributed by atoms with van der Waals surface area (Å²) in [4.78, 5) is 11.4. The summed E-state index contributed by atoms with van der Waals surface area (Å²) in [5.41, 5.74) is 2.25. The van der Waals surface area contributed by atoms with Gasteiger partial charge < -0.3 is 5.32 Å². The van der Waals surface area contributed by atoms with E-state index >= 15 is 0 Å². The van der Waals surface area contributed by atoms with Gasteiger partial charge in [-0.1, -0.05) is 36.0 Å². The standard InChI is InChI=1S/C20H19FN4OS/c1-13(26)22-16-6-4-7-17(11-16)25-19(14-9-10-14)23-24-20(25)27-12-15-5-2-3-8-18(15)21/h2-8,11,14H,9-10,12H2,1H3,(H,22,26). The zero-order chi connectivity index (χ0) is 18.8. The van der Waals surface area contributed by atoms with Gasteiger partial charge in [-0.15, -0.1) is 10.2 Å². The van der Waals surface area contributed by atoms with Crippen molar-refractivity contribution in [1.82, 2.24) is 14.8 Å². The summed E-state index contributed by atoms with van der Waals surface area (Å²) < 4.78 is 16.0. The lowest BCUT2D eigenvalue weighted by atomic mass is 10.2. The summed E-state index contributed by atoms with van der Waals surface area (Å²) in [6.07, 6.45) is 2.20. The van der Waals surface area contributed by atoms with E-state index in [4.69, 9.17) is 0 Å². The molecule has 2 aromatic carbocycles. The Labute approximate surface area is 161 Å². The number of thioether (sulfide) groups is 1. The summed E-state index contributed by atoms with van der Waals surface area (Å²) in [5, 5.41) is 12.3. The Kier molecular flexibility index (Phi) is 4.94. The molecule has 1 aliphatic rings. The average molecular weight is 382 g/mol. The van der Waals surface area contributed by atoms with E-state index in [2.05, 4.69) is 15.5 Å². The third kappa shape index (κ3) is 4.03. The van der Waals surface area contributed by atoms with Crippen LogP contribution in [-0.4, -0.2) is 20.7 Å². The van der Waals surface area contributed by atoms with Gasteiger partial charge >= 0.3 is 0 Å². The smallest absolute Gasteiger partial charge is 0.221 e. The number of anilines is 1. The maximum atomic E-state index is 13.9. The number of nitrogens with zero attached hydrogens (tertiary/aromatic N) is 3. The first kappa shape index (κ1) is 17.7. The molecule has 1 saturated carbocycles. The molecule has 3 aromatic rings. The number of amides is 1. The molecule has 0 atom stereocenters. The molecule has 1 aromatic heterocycles. The van der Waals surface area contributed by atoms with Gasteiger partial charge in [0.15, 0.2) is 5.16 Å². The monoisotopic (exact) mass is 382 g/mol. The first-order valence-corrected chi connectivity index (χ1v) is 9.80. The van der Waals surface area contributed by atoms with Crippen molar-refractivity contribution < 1.29 is 9.18 Å². The summed E-state index contributed by atoms with van der Waals surface area (Å²) >= 11 is 1.46. The molecule has 138 valence electrons. The third-order valence-corrected chi connectivity index (χ3v) is 5.32. The van der Waals surface area contributed by atoms with E-state index in [9.17, 15) is 9.18 Å². The molecule has 0 bridgehead atoms. The van der Waals surface area contributed by atoms with Crippen molar-refractivity contribution in [2.24, 2.45) is 0 Å². The number of halogens is 1. The zero-order valence-electron chi connectivity index (χ0n) is 14.9. The van der Waals surface area contributed by atoms with Crippen molar-refractivity contribution in [2.75, 3.05) is 5.32 Å². The van der Waals surface area contributed by atoms with E-state index < -0.39 is 0 Å². The Hall–Kier alpha value is -2.67. The quantitative estimate of drug-likeness (QED) is 0.636. The number of carbonyl (C=O) groups is 1. The fourth-order valence-corrected chi connectivity index (χ4v) is 3.85. The van der Waals surface area contributed by atoms with E-state index in [0.29, 0.717) is 17.2 Å². The van der Waals surface area contributed by atoms with Gasteiger partial charge in [0.05, 0.1) is 5.69 Å². The molecule has 1 aliphatic carbocycles. The second-order valence-electron chi connectivity index (χ2n) is 6.56. The lowest BCUT2D eigenvalue weighted by molar-refractivity contribution is -0.114. The van der Waals surface area contributed by atoms with E-state index in [1.165, 1.54) is 24.8 Å². The molecule has 1 heterocycles. The highest BCUT2D eigenvalue weighted by atomic mass is 32.2. The lowest BCUT2D eigenvalue weighted by Gasteiger charge is -2.12. The molecule has 0 spiro atoms. The van der Waals surface area contributed by atoms with Gasteiger partial charge in [0, 0.05) is 24.3 Å². The van der Waals surface area contributed by atoms with Gasteiger partial charge in [0.2, 0.25) is 5.91 Å². The first-order chi connectivity index (χ1) is 13.1. The van der Waals surface area contributed by atoms with Crippen molar-refractivity contribution in [3.05, 3.63) is 65.7 Å². The Bertz CT molecular complexity index is 984. The van der Waals surface area contributed by atoms with Gasteiger partial charge in [0.25, 0.3) is 0 Å². The highest BCUT2D eigenvalue weighted by molar-refractivity contribution is 7.98. The van der Waals surface area contributed by atoms with Gasteiger partial charge in [-0.25, -0.2) is 4.39 Å². The summed E-state index contributed by atoms with van der Waals surface area (Å²) in [6, 6.07) is 14.4. The van der Waals surface area contributed by atoms with Gasteiger partial charge in [-0.3, -0.25) is 9.36 Å². The lowest BCUT2D eigenvalue weighted by Crippen LogP contribution is -2.07. The zero-order valence-corrected chi connectivity index (χ0v) is 15.7. The number of hydrogen-bond acceptors (Lipinski definition) is 4. The summed E-state index contributed by atoms with van der Waals surface area (Å²) in [7, 11) is 0. The number of hydrogen-bond donors (Lipinski definition) is 1. The number of benzene rings is 2. The molecule has 1 fully saturated rings. The molecule has 5 nitrogen and oxygen atoms in total. The minimum Gasteiger partial charge on any atom is -0.326 e. The molecule has 0 unspecified atom stereocenters. The fourth-order valence-electron chi connectivity index (χ4n) is 2.91. The van der Waals surface area contributed by atoms with E-state index in [0.717, 1.165) is 35.2 Å².